The third kappa shape index (κ3) is 7.46. The van der Waals surface area contributed by atoms with E-state index in [9.17, 15) is 0 Å². The van der Waals surface area contributed by atoms with Gasteiger partial charge in [0.2, 0.25) is 0 Å². The van der Waals surface area contributed by atoms with Gasteiger partial charge in [0.1, 0.15) is 0 Å². The number of nitrogens with one attached hydrogen (secondary N) is 1. The lowest BCUT2D eigenvalue weighted by molar-refractivity contribution is 0.157. The van der Waals surface area contributed by atoms with Gasteiger partial charge in [-0.2, -0.15) is 0 Å². The van der Waals surface area contributed by atoms with Crippen molar-refractivity contribution in [2.75, 3.05) is 53.0 Å². The van der Waals surface area contributed by atoms with Gasteiger partial charge in [-0.3, -0.25) is 9.89 Å². The maximum Gasteiger partial charge on any atom is 0.193 e. The Balaban J connectivity index is 0.00000441. The van der Waals surface area contributed by atoms with Gasteiger partial charge < -0.3 is 15.0 Å². The zero-order chi connectivity index (χ0) is 15.7. The zero-order valence-electron chi connectivity index (χ0n) is 15.0. The van der Waals surface area contributed by atoms with Crippen LogP contribution >= 0.6 is 24.0 Å². The second kappa shape index (κ2) is 12.4. The van der Waals surface area contributed by atoms with Crippen LogP contribution in [0.4, 0.5) is 0 Å². The minimum absolute atomic E-state index is 0. The molecular weight excluding hydrogens is 391 g/mol. The molecule has 132 valence electrons. The number of aliphatic imine (C=N–C) groups is 1. The van der Waals surface area contributed by atoms with Crippen LogP contribution in [0.15, 0.2) is 4.99 Å². The van der Waals surface area contributed by atoms with Gasteiger partial charge in [0.05, 0.1) is 13.2 Å². The van der Waals surface area contributed by atoms with Gasteiger partial charge in [0, 0.05) is 45.2 Å². The molecule has 1 atom stereocenters. The van der Waals surface area contributed by atoms with Crippen molar-refractivity contribution in [2.24, 2.45) is 10.9 Å². The predicted octanol–water partition coefficient (Wildman–Crippen LogP) is 2.27. The normalized spacial score (nSPS) is 19.0. The molecule has 1 heterocycles. The summed E-state index contributed by atoms with van der Waals surface area (Å²) in [5.74, 6) is 1.71. The molecule has 0 amide bonds. The minimum atomic E-state index is 0. The highest BCUT2D eigenvalue weighted by Gasteiger charge is 2.24. The highest BCUT2D eigenvalue weighted by molar-refractivity contribution is 14.0. The van der Waals surface area contributed by atoms with E-state index in [2.05, 4.69) is 42.8 Å². The molecule has 0 radical (unpaired) electrons. The van der Waals surface area contributed by atoms with Crippen molar-refractivity contribution in [3.8, 4) is 0 Å². The van der Waals surface area contributed by atoms with Crippen LogP contribution in [0.1, 0.15) is 34.1 Å². The van der Waals surface area contributed by atoms with Crippen molar-refractivity contribution >= 4 is 29.9 Å². The Morgan fingerprint density at radius 3 is 2.68 bits per heavy atom. The maximum atomic E-state index is 5.27. The van der Waals surface area contributed by atoms with Crippen LogP contribution in [-0.4, -0.2) is 74.8 Å². The van der Waals surface area contributed by atoms with Crippen molar-refractivity contribution in [3.63, 3.8) is 0 Å². The van der Waals surface area contributed by atoms with Crippen molar-refractivity contribution < 1.29 is 4.74 Å². The van der Waals surface area contributed by atoms with Crippen LogP contribution in [0.3, 0.4) is 0 Å². The van der Waals surface area contributed by atoms with Gasteiger partial charge in [-0.05, 0) is 33.7 Å². The molecule has 1 saturated heterocycles. The van der Waals surface area contributed by atoms with E-state index in [1.165, 1.54) is 6.42 Å². The van der Waals surface area contributed by atoms with Crippen molar-refractivity contribution in [1.29, 1.82) is 0 Å². The highest BCUT2D eigenvalue weighted by atomic mass is 127. The van der Waals surface area contributed by atoms with E-state index in [1.54, 1.807) is 7.11 Å². The summed E-state index contributed by atoms with van der Waals surface area (Å²) >= 11 is 0. The molecule has 5 nitrogen and oxygen atoms in total. The number of hydrogen-bond acceptors (Lipinski definition) is 3. The van der Waals surface area contributed by atoms with Gasteiger partial charge >= 0.3 is 0 Å². The number of nitrogens with zero attached hydrogens (tertiary/aromatic N) is 3. The number of rotatable bonds is 8. The average Bonchev–Trinajstić information content (AvgIpc) is 2.91. The summed E-state index contributed by atoms with van der Waals surface area (Å²) in [5, 5.41) is 3.42. The Morgan fingerprint density at radius 1 is 1.41 bits per heavy atom. The van der Waals surface area contributed by atoms with E-state index in [0.29, 0.717) is 12.0 Å². The summed E-state index contributed by atoms with van der Waals surface area (Å²) in [5.41, 5.74) is 0. The molecule has 0 aromatic heterocycles. The second-order valence-corrected chi connectivity index (χ2v) is 6.01. The van der Waals surface area contributed by atoms with E-state index in [4.69, 9.17) is 9.73 Å². The molecule has 1 aliphatic heterocycles. The van der Waals surface area contributed by atoms with Gasteiger partial charge in [-0.1, -0.05) is 6.92 Å². The first kappa shape index (κ1) is 21.9. The van der Waals surface area contributed by atoms with Crippen LogP contribution in [0, 0.1) is 5.92 Å². The third-order valence-electron chi connectivity index (χ3n) is 4.11. The third-order valence-corrected chi connectivity index (χ3v) is 4.11. The van der Waals surface area contributed by atoms with Crippen LogP contribution in [0.25, 0.3) is 0 Å². The lowest BCUT2D eigenvalue weighted by Gasteiger charge is -2.25. The average molecular weight is 426 g/mol. The van der Waals surface area contributed by atoms with Gasteiger partial charge in [-0.25, -0.2) is 0 Å². The molecule has 1 unspecified atom stereocenters. The predicted molar refractivity (Wildman–Crippen MR) is 105 cm³/mol. The fourth-order valence-electron chi connectivity index (χ4n) is 2.89. The number of halogens is 1. The summed E-state index contributed by atoms with van der Waals surface area (Å²) < 4.78 is 5.27. The fourth-order valence-corrected chi connectivity index (χ4v) is 2.89. The second-order valence-electron chi connectivity index (χ2n) is 6.01. The standard InChI is InChI=1S/C16H34N4O.HI/c1-6-17-16(18-9-11-19(7-2)14(3)4)20-10-8-15(12-20)13-21-5;/h14-15H,6-13H2,1-5H3,(H,17,18);1H. The SMILES string of the molecule is CCNC(=NCCN(CC)C(C)C)N1CCC(COC)C1.I. The molecular formula is C16H35IN4O. The van der Waals surface area contributed by atoms with Crippen molar-refractivity contribution in [2.45, 2.75) is 40.2 Å². The Bertz CT molecular complexity index is 313. The minimum Gasteiger partial charge on any atom is -0.384 e. The lowest BCUT2D eigenvalue weighted by atomic mass is 10.1. The number of likely N-dealkylation sites (tertiary alicyclic amines) is 1. The maximum absolute atomic E-state index is 5.27. The Hall–Kier alpha value is -0.0800. The van der Waals surface area contributed by atoms with E-state index < -0.39 is 0 Å². The number of likely N-dealkylation sites (N-methyl/N-ethyl adjacent to an activating group) is 1. The topological polar surface area (TPSA) is 40.1 Å². The first-order valence-corrected chi connectivity index (χ1v) is 8.38. The molecule has 1 rings (SSSR count). The van der Waals surface area contributed by atoms with Crippen LogP contribution in [0.2, 0.25) is 0 Å². The summed E-state index contributed by atoms with van der Waals surface area (Å²) in [4.78, 5) is 9.63. The molecule has 0 aromatic rings. The molecule has 22 heavy (non-hydrogen) atoms. The first-order valence-electron chi connectivity index (χ1n) is 8.38. The molecule has 6 heteroatoms. The number of methoxy groups -OCH3 is 1. The molecule has 0 spiro atoms. The van der Waals surface area contributed by atoms with Gasteiger partial charge in [0.15, 0.2) is 5.96 Å². The molecule has 0 saturated carbocycles. The Labute approximate surface area is 153 Å². The van der Waals surface area contributed by atoms with E-state index >= 15 is 0 Å². The Morgan fingerprint density at radius 2 is 2.14 bits per heavy atom. The van der Waals surface area contributed by atoms with E-state index in [0.717, 1.165) is 51.8 Å². The zero-order valence-corrected chi connectivity index (χ0v) is 17.3. The summed E-state index contributed by atoms with van der Waals surface area (Å²) in [7, 11) is 1.78. The van der Waals surface area contributed by atoms with E-state index in [-0.39, 0.29) is 24.0 Å². The lowest BCUT2D eigenvalue weighted by Crippen LogP contribution is -2.41. The molecule has 0 aromatic carbocycles. The fraction of sp³-hybridized carbons (Fsp3) is 0.938. The van der Waals surface area contributed by atoms with Gasteiger partial charge in [0.25, 0.3) is 0 Å². The largest absolute Gasteiger partial charge is 0.384 e. The number of ether oxygens (including phenoxy) is 1. The molecule has 0 bridgehead atoms. The molecule has 0 aliphatic carbocycles. The monoisotopic (exact) mass is 426 g/mol. The summed E-state index contributed by atoms with van der Waals surface area (Å²) in [6.45, 7) is 15.7. The summed E-state index contributed by atoms with van der Waals surface area (Å²) in [6.07, 6.45) is 1.20. The smallest absolute Gasteiger partial charge is 0.193 e. The number of guanidine groups is 1. The quantitative estimate of drug-likeness (QED) is 0.367. The Kier molecular flexibility index (Phi) is 12.3. The van der Waals surface area contributed by atoms with E-state index in [1.807, 2.05) is 0 Å². The molecule has 1 N–H and O–H groups in total. The van der Waals surface area contributed by atoms with Gasteiger partial charge in [-0.15, -0.1) is 24.0 Å². The van der Waals surface area contributed by atoms with Crippen molar-refractivity contribution in [3.05, 3.63) is 0 Å². The van der Waals surface area contributed by atoms with Crippen LogP contribution < -0.4 is 5.32 Å². The highest BCUT2D eigenvalue weighted by Crippen LogP contribution is 2.16. The number of hydrogen-bond donors (Lipinski definition) is 1. The molecule has 1 fully saturated rings. The van der Waals surface area contributed by atoms with Crippen LogP contribution in [-0.2, 0) is 4.74 Å². The summed E-state index contributed by atoms with van der Waals surface area (Å²) in [6, 6.07) is 0.589. The van der Waals surface area contributed by atoms with Crippen LogP contribution in [0.5, 0.6) is 0 Å². The molecule has 1 aliphatic rings. The first-order chi connectivity index (χ1) is 10.1. The van der Waals surface area contributed by atoms with Crippen molar-refractivity contribution in [1.82, 2.24) is 15.1 Å².